The molecule has 5 nitrogen and oxygen atoms in total. The molecule has 0 saturated heterocycles. The van der Waals surface area contributed by atoms with E-state index in [4.69, 9.17) is 5.73 Å². The molecular weight excluding hydrogens is 226 g/mol. The van der Waals surface area contributed by atoms with Crippen molar-refractivity contribution in [1.29, 1.82) is 0 Å². The normalized spacial score (nSPS) is 11.0. The summed E-state index contributed by atoms with van der Waals surface area (Å²) in [6.45, 7) is 3.83. The van der Waals surface area contributed by atoms with Crippen molar-refractivity contribution >= 4 is 16.6 Å². The molecule has 0 fully saturated rings. The molecule has 0 radical (unpaired) electrons. The van der Waals surface area contributed by atoms with Crippen LogP contribution in [0.1, 0.15) is 11.4 Å². The standard InChI is InChI=1S/C13H13N5/c1-8-6-15-9(2)13(17-8)18-12-5-11(14)4-3-10(12)7-16-18/h3-7H,14H2,1-2H3. The minimum absolute atomic E-state index is 0.711. The zero-order valence-electron chi connectivity index (χ0n) is 10.3. The molecule has 18 heavy (non-hydrogen) atoms. The van der Waals surface area contributed by atoms with Crippen LogP contribution in [0.5, 0.6) is 0 Å². The van der Waals surface area contributed by atoms with Crippen molar-refractivity contribution in [2.75, 3.05) is 5.73 Å². The number of benzene rings is 1. The second kappa shape index (κ2) is 3.80. The number of nitrogens with two attached hydrogens (primary N) is 1. The summed E-state index contributed by atoms with van der Waals surface area (Å²) in [7, 11) is 0. The zero-order valence-corrected chi connectivity index (χ0v) is 10.3. The predicted molar refractivity (Wildman–Crippen MR) is 70.5 cm³/mol. The lowest BCUT2D eigenvalue weighted by Gasteiger charge is -2.06. The Hall–Kier alpha value is -2.43. The first kappa shape index (κ1) is 10.7. The quantitative estimate of drug-likeness (QED) is 0.659. The molecule has 2 N–H and O–H groups in total. The lowest BCUT2D eigenvalue weighted by Crippen LogP contribution is -2.05. The van der Waals surface area contributed by atoms with E-state index in [0.717, 1.165) is 28.1 Å². The average Bonchev–Trinajstić information content (AvgIpc) is 2.75. The fraction of sp³-hybridized carbons (Fsp3) is 0.154. The Kier molecular flexibility index (Phi) is 2.26. The molecule has 0 aliphatic carbocycles. The van der Waals surface area contributed by atoms with Crippen LogP contribution in [0.4, 0.5) is 5.69 Å². The summed E-state index contributed by atoms with van der Waals surface area (Å²) in [5.74, 6) is 0.746. The highest BCUT2D eigenvalue weighted by molar-refractivity contribution is 5.83. The molecule has 90 valence electrons. The molecule has 0 saturated carbocycles. The van der Waals surface area contributed by atoms with Crippen LogP contribution in [-0.2, 0) is 0 Å². The molecule has 3 rings (SSSR count). The van der Waals surface area contributed by atoms with E-state index in [1.165, 1.54) is 0 Å². The van der Waals surface area contributed by atoms with Gasteiger partial charge in [0.1, 0.15) is 0 Å². The van der Waals surface area contributed by atoms with Gasteiger partial charge in [0.2, 0.25) is 0 Å². The average molecular weight is 239 g/mol. The fourth-order valence-electron chi connectivity index (χ4n) is 1.93. The van der Waals surface area contributed by atoms with E-state index in [9.17, 15) is 0 Å². The summed E-state index contributed by atoms with van der Waals surface area (Å²) in [6.07, 6.45) is 3.55. The summed E-state index contributed by atoms with van der Waals surface area (Å²) in [5.41, 5.74) is 9.18. The maximum atomic E-state index is 5.82. The second-order valence-electron chi connectivity index (χ2n) is 4.30. The smallest absolute Gasteiger partial charge is 0.175 e. The van der Waals surface area contributed by atoms with Crippen LogP contribution in [0.25, 0.3) is 16.7 Å². The molecule has 2 heterocycles. The van der Waals surface area contributed by atoms with Crippen LogP contribution in [0, 0.1) is 13.8 Å². The van der Waals surface area contributed by atoms with Gasteiger partial charge in [-0.05, 0) is 32.0 Å². The van der Waals surface area contributed by atoms with Gasteiger partial charge < -0.3 is 5.73 Å². The third-order valence-corrected chi connectivity index (χ3v) is 2.85. The maximum absolute atomic E-state index is 5.82. The minimum Gasteiger partial charge on any atom is -0.399 e. The van der Waals surface area contributed by atoms with Crippen molar-refractivity contribution in [2.45, 2.75) is 13.8 Å². The minimum atomic E-state index is 0.711. The van der Waals surface area contributed by atoms with Crippen molar-refractivity contribution in [1.82, 2.24) is 19.7 Å². The van der Waals surface area contributed by atoms with Crippen molar-refractivity contribution in [2.24, 2.45) is 0 Å². The monoisotopic (exact) mass is 239 g/mol. The molecule has 1 aromatic carbocycles. The summed E-state index contributed by atoms with van der Waals surface area (Å²) in [6, 6.07) is 5.71. The SMILES string of the molecule is Cc1cnc(C)c(-n2ncc3ccc(N)cc32)n1. The molecule has 0 amide bonds. The van der Waals surface area contributed by atoms with E-state index in [-0.39, 0.29) is 0 Å². The van der Waals surface area contributed by atoms with Gasteiger partial charge in [-0.3, -0.25) is 4.98 Å². The van der Waals surface area contributed by atoms with E-state index < -0.39 is 0 Å². The van der Waals surface area contributed by atoms with Crippen LogP contribution in [0.2, 0.25) is 0 Å². The predicted octanol–water partition coefficient (Wildman–Crippen LogP) is 2.01. The van der Waals surface area contributed by atoms with Crippen LogP contribution in [-0.4, -0.2) is 19.7 Å². The highest BCUT2D eigenvalue weighted by Gasteiger charge is 2.10. The molecule has 0 aliphatic heterocycles. The fourth-order valence-corrected chi connectivity index (χ4v) is 1.93. The number of aromatic nitrogens is 4. The van der Waals surface area contributed by atoms with Gasteiger partial charge in [0, 0.05) is 17.3 Å². The Morgan fingerprint density at radius 2 is 2.00 bits per heavy atom. The maximum Gasteiger partial charge on any atom is 0.175 e. The van der Waals surface area contributed by atoms with Gasteiger partial charge in [-0.25, -0.2) is 9.67 Å². The number of hydrogen-bond donors (Lipinski definition) is 1. The number of anilines is 1. The third-order valence-electron chi connectivity index (χ3n) is 2.85. The van der Waals surface area contributed by atoms with E-state index in [2.05, 4.69) is 15.1 Å². The first-order valence-electron chi connectivity index (χ1n) is 5.69. The summed E-state index contributed by atoms with van der Waals surface area (Å²) in [5, 5.41) is 5.40. The topological polar surface area (TPSA) is 69.6 Å². The number of aryl methyl sites for hydroxylation is 2. The molecule has 0 bridgehead atoms. The van der Waals surface area contributed by atoms with Crippen molar-refractivity contribution in [3.63, 3.8) is 0 Å². The van der Waals surface area contributed by atoms with Gasteiger partial charge in [-0.1, -0.05) is 0 Å². The number of rotatable bonds is 1. The highest BCUT2D eigenvalue weighted by Crippen LogP contribution is 2.20. The van der Waals surface area contributed by atoms with E-state index in [0.29, 0.717) is 5.69 Å². The highest BCUT2D eigenvalue weighted by atomic mass is 15.3. The van der Waals surface area contributed by atoms with Gasteiger partial charge in [0.15, 0.2) is 5.82 Å². The van der Waals surface area contributed by atoms with E-state index in [1.807, 2.05) is 32.0 Å². The third kappa shape index (κ3) is 1.60. The van der Waals surface area contributed by atoms with Crippen LogP contribution in [0.15, 0.2) is 30.6 Å². The number of nitrogens with zero attached hydrogens (tertiary/aromatic N) is 4. The lowest BCUT2D eigenvalue weighted by molar-refractivity contribution is 0.839. The zero-order chi connectivity index (χ0) is 12.7. The molecule has 0 aliphatic rings. The molecule has 0 unspecified atom stereocenters. The Labute approximate surface area is 104 Å². The van der Waals surface area contributed by atoms with Crippen molar-refractivity contribution < 1.29 is 0 Å². The number of fused-ring (bicyclic) bond motifs is 1. The molecule has 5 heteroatoms. The van der Waals surface area contributed by atoms with Crippen LogP contribution < -0.4 is 5.73 Å². The van der Waals surface area contributed by atoms with E-state index in [1.54, 1.807) is 17.1 Å². The van der Waals surface area contributed by atoms with Crippen LogP contribution in [0.3, 0.4) is 0 Å². The molecule has 2 aromatic heterocycles. The summed E-state index contributed by atoms with van der Waals surface area (Å²) in [4.78, 5) is 8.80. The number of hydrogen-bond acceptors (Lipinski definition) is 4. The Bertz CT molecular complexity index is 729. The first-order valence-corrected chi connectivity index (χ1v) is 5.69. The van der Waals surface area contributed by atoms with E-state index >= 15 is 0 Å². The van der Waals surface area contributed by atoms with Crippen molar-refractivity contribution in [3.8, 4) is 5.82 Å². The van der Waals surface area contributed by atoms with Crippen LogP contribution >= 0.6 is 0 Å². The molecule has 3 aromatic rings. The molecule has 0 atom stereocenters. The Balaban J connectivity index is 2.31. The molecule has 0 spiro atoms. The largest absolute Gasteiger partial charge is 0.399 e. The second-order valence-corrected chi connectivity index (χ2v) is 4.30. The van der Waals surface area contributed by atoms with Gasteiger partial charge in [0.25, 0.3) is 0 Å². The van der Waals surface area contributed by atoms with Crippen molar-refractivity contribution in [3.05, 3.63) is 42.0 Å². The van der Waals surface area contributed by atoms with Gasteiger partial charge in [-0.15, -0.1) is 0 Å². The van der Waals surface area contributed by atoms with Gasteiger partial charge in [0.05, 0.1) is 23.1 Å². The summed E-state index contributed by atoms with van der Waals surface area (Å²) < 4.78 is 1.78. The lowest BCUT2D eigenvalue weighted by atomic mass is 10.2. The Morgan fingerprint density at radius 1 is 1.17 bits per heavy atom. The summed E-state index contributed by atoms with van der Waals surface area (Å²) >= 11 is 0. The number of nitrogen functional groups attached to an aromatic ring is 1. The van der Waals surface area contributed by atoms with Gasteiger partial charge >= 0.3 is 0 Å². The first-order chi connectivity index (χ1) is 8.65. The van der Waals surface area contributed by atoms with Gasteiger partial charge in [-0.2, -0.15) is 5.10 Å². The molecular formula is C13H13N5. The Morgan fingerprint density at radius 3 is 2.83 bits per heavy atom.